The number of carbonyl (C=O) groups is 3. The fraction of sp³-hybridized carbons (Fsp3) is 0.348. The second-order valence-electron chi connectivity index (χ2n) is 7.64. The zero-order valence-corrected chi connectivity index (χ0v) is 16.1. The lowest BCUT2D eigenvalue weighted by Crippen LogP contribution is -2.30. The van der Waals surface area contributed by atoms with Crippen molar-refractivity contribution < 1.29 is 19.1 Å². The van der Waals surface area contributed by atoms with Gasteiger partial charge < -0.3 is 4.74 Å². The molecule has 1 heterocycles. The molecule has 2 aromatic rings. The molecule has 2 aliphatic rings. The average Bonchev–Trinajstić information content (AvgIpc) is 2.96. The molecule has 5 heteroatoms. The van der Waals surface area contributed by atoms with Crippen LogP contribution in [0.25, 0.3) is 0 Å². The Bertz CT molecular complexity index is 924. The van der Waals surface area contributed by atoms with Gasteiger partial charge in [-0.25, -0.2) is 4.79 Å². The summed E-state index contributed by atoms with van der Waals surface area (Å²) in [5.74, 6) is -0.526. The summed E-state index contributed by atoms with van der Waals surface area (Å²) in [5.41, 5.74) is 2.87. The Labute approximate surface area is 164 Å². The number of hydrogen-bond donors (Lipinski definition) is 0. The van der Waals surface area contributed by atoms with Crippen molar-refractivity contribution >= 4 is 23.5 Å². The molecule has 2 aromatic carbocycles. The van der Waals surface area contributed by atoms with Crippen molar-refractivity contribution in [2.45, 2.75) is 39.5 Å². The number of fused-ring (bicyclic) bond motifs is 1. The summed E-state index contributed by atoms with van der Waals surface area (Å²) in [4.78, 5) is 39.2. The third-order valence-corrected chi connectivity index (χ3v) is 5.96. The second kappa shape index (κ2) is 7.23. The highest BCUT2D eigenvalue weighted by Gasteiger charge is 2.48. The maximum atomic E-state index is 12.7. The summed E-state index contributed by atoms with van der Waals surface area (Å²) < 4.78 is 5.51. The number of esters is 1. The van der Waals surface area contributed by atoms with Gasteiger partial charge in [0, 0.05) is 0 Å². The van der Waals surface area contributed by atoms with E-state index >= 15 is 0 Å². The fourth-order valence-corrected chi connectivity index (χ4v) is 4.16. The van der Waals surface area contributed by atoms with Crippen LogP contribution in [0.5, 0.6) is 5.75 Å². The first-order valence-corrected chi connectivity index (χ1v) is 9.73. The monoisotopic (exact) mass is 377 g/mol. The maximum absolute atomic E-state index is 12.7. The van der Waals surface area contributed by atoms with Gasteiger partial charge in [-0.3, -0.25) is 14.5 Å². The van der Waals surface area contributed by atoms with Gasteiger partial charge in [-0.1, -0.05) is 25.0 Å². The van der Waals surface area contributed by atoms with Crippen molar-refractivity contribution in [1.29, 1.82) is 0 Å². The molecular formula is C23H23NO4. The molecule has 4 rings (SSSR count). The SMILES string of the molecule is Cc1cccc(OC(=O)c2ccc(N3C(=O)[C@@H]4CCCC[C@H]4C3=O)cc2)c1C. The molecule has 1 aliphatic carbocycles. The molecular weight excluding hydrogens is 354 g/mol. The summed E-state index contributed by atoms with van der Waals surface area (Å²) in [6.07, 6.45) is 3.56. The van der Waals surface area contributed by atoms with E-state index in [1.165, 1.54) is 4.90 Å². The highest BCUT2D eigenvalue weighted by Crippen LogP contribution is 2.40. The van der Waals surface area contributed by atoms with E-state index in [4.69, 9.17) is 4.74 Å². The van der Waals surface area contributed by atoms with Crippen molar-refractivity contribution in [2.75, 3.05) is 4.90 Å². The van der Waals surface area contributed by atoms with Crippen LogP contribution in [0.1, 0.15) is 47.2 Å². The molecule has 0 aromatic heterocycles. The van der Waals surface area contributed by atoms with Gasteiger partial charge in [0.1, 0.15) is 5.75 Å². The first-order valence-electron chi connectivity index (χ1n) is 9.73. The van der Waals surface area contributed by atoms with E-state index in [0.717, 1.165) is 36.8 Å². The Morgan fingerprint density at radius 3 is 2.14 bits per heavy atom. The molecule has 144 valence electrons. The molecule has 0 bridgehead atoms. The lowest BCUT2D eigenvalue weighted by atomic mass is 9.81. The molecule has 2 amide bonds. The number of benzene rings is 2. The average molecular weight is 377 g/mol. The van der Waals surface area contributed by atoms with Crippen molar-refractivity contribution in [3.63, 3.8) is 0 Å². The van der Waals surface area contributed by atoms with E-state index in [1.54, 1.807) is 30.3 Å². The molecule has 2 atom stereocenters. The normalized spacial score (nSPS) is 21.6. The van der Waals surface area contributed by atoms with Crippen LogP contribution in [0.3, 0.4) is 0 Å². The largest absolute Gasteiger partial charge is 0.423 e. The van der Waals surface area contributed by atoms with Gasteiger partial charge in [-0.15, -0.1) is 0 Å². The molecule has 0 unspecified atom stereocenters. The minimum absolute atomic E-state index is 0.111. The number of imide groups is 1. The molecule has 0 spiro atoms. The predicted molar refractivity (Wildman–Crippen MR) is 105 cm³/mol. The van der Waals surface area contributed by atoms with E-state index in [1.807, 2.05) is 26.0 Å². The number of hydrogen-bond acceptors (Lipinski definition) is 4. The fourth-order valence-electron chi connectivity index (χ4n) is 4.16. The summed E-state index contributed by atoms with van der Waals surface area (Å²) in [6.45, 7) is 3.87. The van der Waals surface area contributed by atoms with Crippen LogP contribution in [0.2, 0.25) is 0 Å². The Morgan fingerprint density at radius 2 is 1.54 bits per heavy atom. The lowest BCUT2D eigenvalue weighted by molar-refractivity contribution is -0.122. The highest BCUT2D eigenvalue weighted by atomic mass is 16.5. The van der Waals surface area contributed by atoms with E-state index < -0.39 is 5.97 Å². The first kappa shape index (κ1) is 18.4. The Hall–Kier alpha value is -2.95. The summed E-state index contributed by atoms with van der Waals surface area (Å²) in [7, 11) is 0. The van der Waals surface area contributed by atoms with Gasteiger partial charge in [0.15, 0.2) is 0 Å². The van der Waals surface area contributed by atoms with Crippen molar-refractivity contribution in [3.8, 4) is 5.75 Å². The van der Waals surface area contributed by atoms with Crippen molar-refractivity contribution in [3.05, 3.63) is 59.2 Å². The topological polar surface area (TPSA) is 63.7 Å². The van der Waals surface area contributed by atoms with E-state index in [-0.39, 0.29) is 23.7 Å². The number of ether oxygens (including phenoxy) is 1. The third kappa shape index (κ3) is 3.11. The molecule has 2 fully saturated rings. The molecule has 1 saturated carbocycles. The molecule has 1 saturated heterocycles. The van der Waals surface area contributed by atoms with Crippen LogP contribution in [-0.2, 0) is 9.59 Å². The van der Waals surface area contributed by atoms with Gasteiger partial charge >= 0.3 is 5.97 Å². The van der Waals surface area contributed by atoms with E-state index in [9.17, 15) is 14.4 Å². The zero-order chi connectivity index (χ0) is 19.8. The minimum Gasteiger partial charge on any atom is -0.423 e. The van der Waals surface area contributed by atoms with Gasteiger partial charge in [0.25, 0.3) is 0 Å². The number of rotatable bonds is 3. The Morgan fingerprint density at radius 1 is 0.929 bits per heavy atom. The van der Waals surface area contributed by atoms with E-state index in [0.29, 0.717) is 17.0 Å². The molecule has 1 aliphatic heterocycles. The van der Waals surface area contributed by atoms with Crippen LogP contribution in [-0.4, -0.2) is 17.8 Å². The van der Waals surface area contributed by atoms with Crippen LogP contribution in [0.15, 0.2) is 42.5 Å². The predicted octanol–water partition coefficient (Wildman–Crippen LogP) is 4.20. The smallest absolute Gasteiger partial charge is 0.343 e. The minimum atomic E-state index is -0.465. The number of anilines is 1. The molecule has 0 radical (unpaired) electrons. The number of aryl methyl sites for hydroxylation is 1. The number of carbonyl (C=O) groups excluding carboxylic acids is 3. The summed E-state index contributed by atoms with van der Waals surface area (Å²) in [5, 5.41) is 0. The quantitative estimate of drug-likeness (QED) is 0.457. The Balaban J connectivity index is 1.52. The van der Waals surface area contributed by atoms with Gasteiger partial charge in [-0.2, -0.15) is 0 Å². The van der Waals surface area contributed by atoms with E-state index in [2.05, 4.69) is 0 Å². The molecule has 5 nitrogen and oxygen atoms in total. The zero-order valence-electron chi connectivity index (χ0n) is 16.1. The van der Waals surface area contributed by atoms with Crippen molar-refractivity contribution in [2.24, 2.45) is 11.8 Å². The third-order valence-electron chi connectivity index (χ3n) is 5.96. The summed E-state index contributed by atoms with van der Waals surface area (Å²) >= 11 is 0. The van der Waals surface area contributed by atoms with Crippen LogP contribution in [0.4, 0.5) is 5.69 Å². The maximum Gasteiger partial charge on any atom is 0.343 e. The standard InChI is InChI=1S/C23H23NO4/c1-14-6-5-9-20(15(14)2)28-23(27)16-10-12-17(13-11-16)24-21(25)18-7-3-4-8-19(18)22(24)26/h5-6,9-13,18-19H,3-4,7-8H2,1-2H3/t18-,19-/m1/s1. The van der Waals surface area contributed by atoms with Crippen molar-refractivity contribution in [1.82, 2.24) is 0 Å². The van der Waals surface area contributed by atoms with Crippen LogP contribution in [0, 0.1) is 25.7 Å². The molecule has 0 N–H and O–H groups in total. The van der Waals surface area contributed by atoms with Gasteiger partial charge in [0.2, 0.25) is 11.8 Å². The number of nitrogens with zero attached hydrogens (tertiary/aromatic N) is 1. The van der Waals surface area contributed by atoms with Crippen LogP contribution < -0.4 is 9.64 Å². The second-order valence-corrected chi connectivity index (χ2v) is 7.64. The van der Waals surface area contributed by atoms with Gasteiger partial charge in [0.05, 0.1) is 23.1 Å². The van der Waals surface area contributed by atoms with Gasteiger partial charge in [-0.05, 0) is 68.1 Å². The Kier molecular flexibility index (Phi) is 4.75. The lowest BCUT2D eigenvalue weighted by Gasteiger charge is -2.19. The first-order chi connectivity index (χ1) is 13.5. The molecule has 28 heavy (non-hydrogen) atoms. The van der Waals surface area contributed by atoms with Crippen LogP contribution >= 0.6 is 0 Å². The summed E-state index contributed by atoms with van der Waals surface area (Å²) in [6, 6.07) is 12.1. The highest BCUT2D eigenvalue weighted by molar-refractivity contribution is 6.22. The number of amides is 2.